The molecule has 0 amide bonds. The molecule has 0 aromatic heterocycles. The van der Waals surface area contributed by atoms with Crippen molar-refractivity contribution < 1.29 is 21.6 Å². The largest absolute Gasteiger partial charge is 0.417 e. The molecule has 0 saturated carbocycles. The van der Waals surface area contributed by atoms with Gasteiger partial charge in [-0.3, -0.25) is 0 Å². The second kappa shape index (κ2) is 5.18. The first-order chi connectivity index (χ1) is 9.14. The Kier molecular flexibility index (Phi) is 4.03. The second-order valence-corrected chi connectivity index (χ2v) is 6.88. The first-order valence-corrected chi connectivity index (χ1v) is 7.51. The number of hydrogen-bond donors (Lipinski definition) is 1. The van der Waals surface area contributed by atoms with E-state index in [-0.39, 0.29) is 6.04 Å². The van der Waals surface area contributed by atoms with Crippen molar-refractivity contribution in [3.63, 3.8) is 0 Å². The van der Waals surface area contributed by atoms with Crippen molar-refractivity contribution in [3.05, 3.63) is 28.8 Å². The fourth-order valence-electron chi connectivity index (χ4n) is 1.78. The topological polar surface area (TPSA) is 49.4 Å². The summed E-state index contributed by atoms with van der Waals surface area (Å²) in [4.78, 5) is -0.413. The Morgan fingerprint density at radius 2 is 1.95 bits per heavy atom. The first-order valence-electron chi connectivity index (χ1n) is 5.69. The van der Waals surface area contributed by atoms with Gasteiger partial charge in [0.1, 0.15) is 0 Å². The number of alkyl halides is 3. The quantitative estimate of drug-likeness (QED) is 0.922. The van der Waals surface area contributed by atoms with Crippen LogP contribution in [0, 0.1) is 0 Å². The van der Waals surface area contributed by atoms with Gasteiger partial charge in [-0.1, -0.05) is 11.6 Å². The predicted molar refractivity (Wildman–Crippen MR) is 68.1 cm³/mol. The molecule has 1 aliphatic rings. The minimum atomic E-state index is -4.70. The van der Waals surface area contributed by atoms with Crippen LogP contribution in [-0.2, 0) is 16.2 Å². The van der Waals surface area contributed by atoms with Gasteiger partial charge in [-0.05, 0) is 18.2 Å². The summed E-state index contributed by atoms with van der Waals surface area (Å²) in [7, 11) is -2.61. The molecule has 0 unspecified atom stereocenters. The molecule has 1 fully saturated rings. The normalized spacial score (nSPS) is 17.3. The van der Waals surface area contributed by atoms with Crippen LogP contribution in [0.15, 0.2) is 23.1 Å². The Labute approximate surface area is 119 Å². The van der Waals surface area contributed by atoms with Crippen molar-refractivity contribution in [1.82, 2.24) is 9.62 Å². The molecular formula is C11H12ClF3N2O2S. The van der Waals surface area contributed by atoms with Gasteiger partial charge >= 0.3 is 6.18 Å². The molecule has 0 radical (unpaired) electrons. The molecule has 4 nitrogen and oxygen atoms in total. The van der Waals surface area contributed by atoms with Crippen LogP contribution >= 0.6 is 11.6 Å². The third-order valence-electron chi connectivity index (χ3n) is 3.19. The molecule has 0 aliphatic carbocycles. The Balaban J connectivity index is 2.42. The zero-order valence-corrected chi connectivity index (χ0v) is 12.0. The average Bonchev–Trinajstić information content (AvgIpc) is 2.25. The van der Waals surface area contributed by atoms with Crippen LogP contribution in [0.1, 0.15) is 5.56 Å². The summed E-state index contributed by atoms with van der Waals surface area (Å²) in [5.74, 6) is 0. The highest BCUT2D eigenvalue weighted by Gasteiger charge is 2.36. The van der Waals surface area contributed by atoms with Crippen LogP contribution in [0.3, 0.4) is 0 Å². The highest BCUT2D eigenvalue weighted by molar-refractivity contribution is 7.89. The lowest BCUT2D eigenvalue weighted by molar-refractivity contribution is -0.137. The predicted octanol–water partition coefficient (Wildman–Crippen LogP) is 1.95. The summed E-state index contributed by atoms with van der Waals surface area (Å²) >= 11 is 5.47. The third-order valence-corrected chi connectivity index (χ3v) is 5.43. The number of halogens is 4. The van der Waals surface area contributed by atoms with Crippen molar-refractivity contribution in [2.45, 2.75) is 17.1 Å². The lowest BCUT2D eigenvalue weighted by Gasteiger charge is -2.34. The average molecular weight is 329 g/mol. The summed E-state index contributed by atoms with van der Waals surface area (Å²) in [5.41, 5.74) is -1.15. The number of sulfonamides is 1. The van der Waals surface area contributed by atoms with Crippen molar-refractivity contribution in [1.29, 1.82) is 0 Å². The maximum absolute atomic E-state index is 12.8. The number of nitrogens with one attached hydrogen (secondary N) is 1. The Bertz CT molecular complexity index is 615. The maximum Gasteiger partial charge on any atom is 0.417 e. The van der Waals surface area contributed by atoms with Crippen molar-refractivity contribution in [2.75, 3.05) is 20.1 Å². The summed E-state index contributed by atoms with van der Waals surface area (Å²) < 4.78 is 63.8. The highest BCUT2D eigenvalue weighted by atomic mass is 35.5. The zero-order chi connectivity index (χ0) is 15.1. The van der Waals surface area contributed by atoms with E-state index in [2.05, 4.69) is 5.32 Å². The molecule has 1 aromatic rings. The maximum atomic E-state index is 12.8. The standard InChI is InChI=1S/C11H12ClF3N2O2S/c1-17(7-5-16-6-7)20(18,19)8-2-3-10(12)9(4-8)11(13,14)15/h2-4,7,16H,5-6H2,1H3. The number of likely N-dealkylation sites (N-methyl/N-ethyl adjacent to an activating group) is 1. The fraction of sp³-hybridized carbons (Fsp3) is 0.455. The molecule has 0 bridgehead atoms. The molecule has 1 aromatic carbocycles. The number of rotatable bonds is 3. The monoisotopic (exact) mass is 328 g/mol. The van der Waals surface area contributed by atoms with Crippen LogP contribution in [0.5, 0.6) is 0 Å². The summed E-state index contributed by atoms with van der Waals surface area (Å²) in [6.07, 6.45) is -4.70. The van der Waals surface area contributed by atoms with Crippen LogP contribution in [-0.4, -0.2) is 38.9 Å². The van der Waals surface area contributed by atoms with Gasteiger partial charge < -0.3 is 5.32 Å². The summed E-state index contributed by atoms with van der Waals surface area (Å²) in [6.45, 7) is 0.963. The Morgan fingerprint density at radius 1 is 1.35 bits per heavy atom. The second-order valence-electron chi connectivity index (χ2n) is 4.47. The Hall–Kier alpha value is -0.830. The van der Waals surface area contributed by atoms with Gasteiger partial charge in [-0.15, -0.1) is 0 Å². The lowest BCUT2D eigenvalue weighted by Crippen LogP contribution is -2.57. The van der Waals surface area contributed by atoms with Gasteiger partial charge in [-0.2, -0.15) is 17.5 Å². The number of hydrogen-bond acceptors (Lipinski definition) is 3. The Morgan fingerprint density at radius 3 is 2.40 bits per heavy atom. The minimum absolute atomic E-state index is 0.245. The molecule has 1 saturated heterocycles. The highest BCUT2D eigenvalue weighted by Crippen LogP contribution is 2.36. The van der Waals surface area contributed by atoms with E-state index in [1.54, 1.807) is 0 Å². The molecule has 1 heterocycles. The molecule has 1 N–H and O–H groups in total. The fourth-order valence-corrected chi connectivity index (χ4v) is 3.38. The molecule has 1 aliphatic heterocycles. The van der Waals surface area contributed by atoms with E-state index in [1.165, 1.54) is 7.05 Å². The molecule has 2 rings (SSSR count). The van der Waals surface area contributed by atoms with Gasteiger partial charge in [0.25, 0.3) is 0 Å². The SMILES string of the molecule is CN(C1CNC1)S(=O)(=O)c1ccc(Cl)c(C(F)(F)F)c1. The van der Waals surface area contributed by atoms with E-state index in [0.717, 1.165) is 16.4 Å². The summed E-state index contributed by atoms with van der Waals surface area (Å²) in [6, 6.07) is 2.35. The van der Waals surface area contributed by atoms with Crippen molar-refractivity contribution >= 4 is 21.6 Å². The van der Waals surface area contributed by atoms with E-state index in [9.17, 15) is 21.6 Å². The van der Waals surface area contributed by atoms with Gasteiger partial charge in [0.15, 0.2) is 0 Å². The van der Waals surface area contributed by atoms with E-state index >= 15 is 0 Å². The molecule has 112 valence electrons. The molecular weight excluding hydrogens is 317 g/mol. The molecule has 0 atom stereocenters. The van der Waals surface area contributed by atoms with Gasteiger partial charge in [0, 0.05) is 26.2 Å². The van der Waals surface area contributed by atoms with Crippen LogP contribution in [0.4, 0.5) is 13.2 Å². The summed E-state index contributed by atoms with van der Waals surface area (Å²) in [5, 5.41) is 2.38. The van der Waals surface area contributed by atoms with Gasteiger partial charge in [-0.25, -0.2) is 8.42 Å². The van der Waals surface area contributed by atoms with Crippen LogP contribution in [0.2, 0.25) is 5.02 Å². The van der Waals surface area contributed by atoms with E-state index < -0.39 is 31.7 Å². The van der Waals surface area contributed by atoms with E-state index in [0.29, 0.717) is 19.2 Å². The van der Waals surface area contributed by atoms with E-state index in [4.69, 9.17) is 11.6 Å². The third kappa shape index (κ3) is 2.78. The van der Waals surface area contributed by atoms with Gasteiger partial charge in [0.05, 0.1) is 15.5 Å². The number of nitrogens with zero attached hydrogens (tertiary/aromatic N) is 1. The van der Waals surface area contributed by atoms with Crippen LogP contribution in [0.25, 0.3) is 0 Å². The minimum Gasteiger partial charge on any atom is -0.313 e. The van der Waals surface area contributed by atoms with Crippen LogP contribution < -0.4 is 5.32 Å². The molecule has 0 spiro atoms. The lowest BCUT2D eigenvalue weighted by atomic mass is 10.2. The molecule has 9 heteroatoms. The van der Waals surface area contributed by atoms with E-state index in [1.807, 2.05) is 0 Å². The van der Waals surface area contributed by atoms with Gasteiger partial charge in [0.2, 0.25) is 10.0 Å². The first kappa shape index (κ1) is 15.6. The van der Waals surface area contributed by atoms with Crippen molar-refractivity contribution in [3.8, 4) is 0 Å². The smallest absolute Gasteiger partial charge is 0.313 e. The molecule has 20 heavy (non-hydrogen) atoms. The number of benzene rings is 1. The zero-order valence-electron chi connectivity index (χ0n) is 10.4. The van der Waals surface area contributed by atoms with Crippen molar-refractivity contribution in [2.24, 2.45) is 0 Å².